The third-order valence-electron chi connectivity index (χ3n) is 7.89. The number of carbonyl (C=O) groups is 2. The molecule has 0 saturated heterocycles. The fraction of sp³-hybridized carbons (Fsp3) is 0.441. The molecule has 1 aliphatic carbocycles. The van der Waals surface area contributed by atoms with Crippen LogP contribution in [0.25, 0.3) is 22.4 Å². The Hall–Kier alpha value is -3.66. The number of halogens is 1. The summed E-state index contributed by atoms with van der Waals surface area (Å²) < 4.78 is 16.9. The van der Waals surface area contributed by atoms with E-state index in [-0.39, 0.29) is 18.5 Å². The molecule has 0 spiro atoms. The van der Waals surface area contributed by atoms with Crippen molar-refractivity contribution >= 4 is 23.5 Å². The number of carbonyl (C=O) groups excluding carboxylic acids is 2. The van der Waals surface area contributed by atoms with Gasteiger partial charge in [-0.2, -0.15) is 0 Å². The van der Waals surface area contributed by atoms with Crippen LogP contribution in [0.4, 0.5) is 0 Å². The number of nitrogens with zero attached hydrogens (tertiary/aromatic N) is 2. The molecule has 0 atom stereocenters. The van der Waals surface area contributed by atoms with E-state index in [0.717, 1.165) is 35.4 Å². The normalized spacial score (nSPS) is 18.1. The quantitative estimate of drug-likeness (QED) is 0.196. The number of rotatable bonds is 12. The standard InChI is InChI=1S/C34H42ClN3O6/c1-6-43-25-10-8-22(2)27(21-25)26-11-13-29(32(40)37-34(33(41)42-5)16-14-24(39)15-17-34)36-31(26)23-9-12-28(35)30(20-23)44-19-7-18-38(3)4/h8-13,20-21,24,39H,6-7,14-19H2,1-5H3,(H,37,40)/t24-,34+. The Kier molecular flexibility index (Phi) is 11.2. The van der Waals surface area contributed by atoms with Crippen LogP contribution < -0.4 is 14.8 Å². The van der Waals surface area contributed by atoms with E-state index in [4.69, 9.17) is 30.8 Å². The number of pyridine rings is 1. The van der Waals surface area contributed by atoms with Gasteiger partial charge in [0.05, 0.1) is 37.1 Å². The van der Waals surface area contributed by atoms with Crippen LogP contribution in [0.2, 0.25) is 5.02 Å². The maximum absolute atomic E-state index is 13.7. The van der Waals surface area contributed by atoms with E-state index in [0.29, 0.717) is 48.1 Å². The number of ether oxygens (including phenoxy) is 3. The molecule has 0 radical (unpaired) electrons. The number of aryl methyl sites for hydroxylation is 1. The lowest BCUT2D eigenvalue weighted by Gasteiger charge is -2.36. The van der Waals surface area contributed by atoms with E-state index in [1.165, 1.54) is 7.11 Å². The Morgan fingerprint density at radius 1 is 1.07 bits per heavy atom. The van der Waals surface area contributed by atoms with Gasteiger partial charge in [0.1, 0.15) is 22.7 Å². The van der Waals surface area contributed by atoms with Gasteiger partial charge in [0.15, 0.2) is 0 Å². The molecule has 1 heterocycles. The first-order valence-corrected chi connectivity index (χ1v) is 15.4. The highest BCUT2D eigenvalue weighted by Gasteiger charge is 2.44. The van der Waals surface area contributed by atoms with Crippen LogP contribution in [-0.2, 0) is 9.53 Å². The van der Waals surface area contributed by atoms with Gasteiger partial charge >= 0.3 is 5.97 Å². The summed E-state index contributed by atoms with van der Waals surface area (Å²) in [6, 6.07) is 14.8. The second-order valence-corrected chi connectivity index (χ2v) is 11.8. The molecule has 3 aromatic rings. The molecule has 1 fully saturated rings. The minimum atomic E-state index is -1.23. The predicted octanol–water partition coefficient (Wildman–Crippen LogP) is 5.68. The fourth-order valence-corrected chi connectivity index (χ4v) is 5.62. The molecule has 0 aliphatic heterocycles. The molecule has 44 heavy (non-hydrogen) atoms. The van der Waals surface area contributed by atoms with E-state index in [1.54, 1.807) is 12.1 Å². The van der Waals surface area contributed by atoms with Crippen molar-refractivity contribution < 1.29 is 28.9 Å². The number of methoxy groups -OCH3 is 1. The molecule has 0 unspecified atom stereocenters. The number of aliphatic hydroxyl groups is 1. The van der Waals surface area contributed by atoms with Crippen LogP contribution in [0.5, 0.6) is 11.5 Å². The number of hydrogen-bond donors (Lipinski definition) is 2. The molecule has 236 valence electrons. The maximum Gasteiger partial charge on any atom is 0.331 e. The average molecular weight is 624 g/mol. The van der Waals surface area contributed by atoms with Gasteiger partial charge in [-0.25, -0.2) is 9.78 Å². The van der Waals surface area contributed by atoms with Crippen molar-refractivity contribution in [3.8, 4) is 33.9 Å². The number of aromatic nitrogens is 1. The lowest BCUT2D eigenvalue weighted by molar-refractivity contribution is -0.150. The van der Waals surface area contributed by atoms with Crippen LogP contribution in [0.3, 0.4) is 0 Å². The number of benzene rings is 2. The summed E-state index contributed by atoms with van der Waals surface area (Å²) in [7, 11) is 5.32. The van der Waals surface area contributed by atoms with E-state index in [2.05, 4.69) is 10.2 Å². The highest BCUT2D eigenvalue weighted by atomic mass is 35.5. The number of amides is 1. The van der Waals surface area contributed by atoms with Gasteiger partial charge in [0, 0.05) is 17.7 Å². The first kappa shape index (κ1) is 33.2. The first-order chi connectivity index (χ1) is 21.1. The smallest absolute Gasteiger partial charge is 0.331 e. The summed E-state index contributed by atoms with van der Waals surface area (Å²) in [5.41, 5.74) is 2.88. The highest BCUT2D eigenvalue weighted by Crippen LogP contribution is 2.38. The van der Waals surface area contributed by atoms with Crippen molar-refractivity contribution in [2.24, 2.45) is 0 Å². The largest absolute Gasteiger partial charge is 0.494 e. The monoisotopic (exact) mass is 623 g/mol. The summed E-state index contributed by atoms with van der Waals surface area (Å²) in [5, 5.41) is 13.4. The zero-order valence-corrected chi connectivity index (χ0v) is 26.9. The minimum absolute atomic E-state index is 0.139. The second-order valence-electron chi connectivity index (χ2n) is 11.4. The molecular weight excluding hydrogens is 582 g/mol. The van der Waals surface area contributed by atoms with E-state index >= 15 is 0 Å². The van der Waals surface area contributed by atoms with Crippen LogP contribution in [0.15, 0.2) is 48.5 Å². The summed E-state index contributed by atoms with van der Waals surface area (Å²) in [5.74, 6) is 0.206. The lowest BCUT2D eigenvalue weighted by atomic mass is 9.80. The molecule has 4 rings (SSSR count). The van der Waals surface area contributed by atoms with E-state index in [9.17, 15) is 14.7 Å². The molecule has 2 aromatic carbocycles. The fourth-order valence-electron chi connectivity index (χ4n) is 5.45. The Morgan fingerprint density at radius 2 is 1.82 bits per heavy atom. The summed E-state index contributed by atoms with van der Waals surface area (Å²) in [4.78, 5) is 33.5. The number of hydrogen-bond acceptors (Lipinski definition) is 8. The van der Waals surface area contributed by atoms with Gasteiger partial charge in [-0.15, -0.1) is 0 Å². The van der Waals surface area contributed by atoms with Crippen LogP contribution in [0.1, 0.15) is 55.1 Å². The molecule has 9 nitrogen and oxygen atoms in total. The Labute approximate surface area is 264 Å². The van der Waals surface area contributed by atoms with Crippen LogP contribution in [-0.4, -0.2) is 79.5 Å². The van der Waals surface area contributed by atoms with Gasteiger partial charge in [0.25, 0.3) is 5.91 Å². The van der Waals surface area contributed by atoms with Crippen LogP contribution in [0, 0.1) is 6.92 Å². The number of aliphatic hydroxyl groups excluding tert-OH is 1. The minimum Gasteiger partial charge on any atom is -0.494 e. The van der Waals surface area contributed by atoms with Gasteiger partial charge in [-0.3, -0.25) is 4.79 Å². The van der Waals surface area contributed by atoms with Crippen molar-refractivity contribution in [1.82, 2.24) is 15.2 Å². The van der Waals surface area contributed by atoms with Gasteiger partial charge in [-0.05, 0) is 108 Å². The highest BCUT2D eigenvalue weighted by molar-refractivity contribution is 6.32. The van der Waals surface area contributed by atoms with Gasteiger partial charge < -0.3 is 29.5 Å². The van der Waals surface area contributed by atoms with E-state index in [1.807, 2.05) is 64.3 Å². The van der Waals surface area contributed by atoms with Crippen LogP contribution >= 0.6 is 11.6 Å². The van der Waals surface area contributed by atoms with Crippen molar-refractivity contribution in [3.63, 3.8) is 0 Å². The molecule has 1 amide bonds. The molecule has 1 aliphatic rings. The topological polar surface area (TPSA) is 110 Å². The number of esters is 1. The van der Waals surface area contributed by atoms with E-state index < -0.39 is 23.5 Å². The van der Waals surface area contributed by atoms with Gasteiger partial charge in [-0.1, -0.05) is 23.7 Å². The Bertz CT molecular complexity index is 1470. The first-order valence-electron chi connectivity index (χ1n) is 15.0. The summed E-state index contributed by atoms with van der Waals surface area (Å²) in [6.45, 7) is 5.83. The zero-order valence-electron chi connectivity index (χ0n) is 26.1. The molecular formula is C34H42ClN3O6. The Balaban J connectivity index is 1.77. The predicted molar refractivity (Wildman–Crippen MR) is 171 cm³/mol. The lowest BCUT2D eigenvalue weighted by Crippen LogP contribution is -2.57. The second kappa shape index (κ2) is 14.9. The molecule has 10 heteroatoms. The SMILES string of the molecule is CCOc1ccc(C)c(-c2ccc(C(=O)N[C@]3(C(=O)OC)CC[C@H](O)CC3)nc2-c2ccc(Cl)c(OCCCN(C)C)c2)c1. The molecule has 2 N–H and O–H groups in total. The maximum atomic E-state index is 13.7. The third-order valence-corrected chi connectivity index (χ3v) is 8.20. The van der Waals surface area contributed by atoms with Crippen molar-refractivity contribution in [1.29, 1.82) is 0 Å². The van der Waals surface area contributed by atoms with Crippen molar-refractivity contribution in [2.75, 3.05) is 41.0 Å². The van der Waals surface area contributed by atoms with Crippen molar-refractivity contribution in [3.05, 3.63) is 64.8 Å². The van der Waals surface area contributed by atoms with Gasteiger partial charge in [0.2, 0.25) is 0 Å². The molecule has 1 aromatic heterocycles. The number of nitrogens with one attached hydrogen (secondary N) is 1. The average Bonchev–Trinajstić information content (AvgIpc) is 3.01. The molecule has 0 bridgehead atoms. The zero-order chi connectivity index (χ0) is 31.9. The Morgan fingerprint density at radius 3 is 2.50 bits per heavy atom. The molecule has 1 saturated carbocycles. The summed E-state index contributed by atoms with van der Waals surface area (Å²) in [6.07, 6.45) is 1.61. The summed E-state index contributed by atoms with van der Waals surface area (Å²) >= 11 is 6.52. The van der Waals surface area contributed by atoms with Crippen molar-refractivity contribution in [2.45, 2.75) is 57.6 Å². The third kappa shape index (κ3) is 7.88.